The molecule has 1 aliphatic carbocycles. The maximum atomic E-state index is 11.8. The van der Waals surface area contributed by atoms with Crippen LogP contribution in [0.3, 0.4) is 0 Å². The number of hydrogen-bond acceptors (Lipinski definition) is 4. The van der Waals surface area contributed by atoms with Gasteiger partial charge in [-0.05, 0) is 50.6 Å². The number of likely N-dealkylation sites (tertiary alicyclic amines) is 1. The van der Waals surface area contributed by atoms with E-state index in [0.29, 0.717) is 12.0 Å². The van der Waals surface area contributed by atoms with E-state index in [-0.39, 0.29) is 11.9 Å². The van der Waals surface area contributed by atoms with Crippen molar-refractivity contribution < 1.29 is 9.53 Å². The highest BCUT2D eigenvalue weighted by Gasteiger charge is 2.36. The second kappa shape index (κ2) is 7.41. The molecule has 2 aliphatic rings. The molecular weight excluding hydrogens is 252 g/mol. The number of nitrogens with zero attached hydrogens (tertiary/aromatic N) is 1. The number of nitrogens with two attached hydrogens (primary N) is 1. The summed E-state index contributed by atoms with van der Waals surface area (Å²) in [6.07, 6.45) is 7.17. The zero-order chi connectivity index (χ0) is 14.5. The van der Waals surface area contributed by atoms with Crippen LogP contribution >= 0.6 is 0 Å². The van der Waals surface area contributed by atoms with Crippen molar-refractivity contribution in [3.63, 3.8) is 0 Å². The van der Waals surface area contributed by atoms with Gasteiger partial charge in [-0.1, -0.05) is 19.8 Å². The smallest absolute Gasteiger partial charge is 0.309 e. The van der Waals surface area contributed by atoms with E-state index in [9.17, 15) is 4.79 Å². The van der Waals surface area contributed by atoms with E-state index in [1.54, 1.807) is 0 Å². The molecule has 116 valence electrons. The third-order valence-electron chi connectivity index (χ3n) is 5.40. The predicted molar refractivity (Wildman–Crippen MR) is 80.3 cm³/mol. The molecule has 1 heterocycles. The summed E-state index contributed by atoms with van der Waals surface area (Å²) in [4.78, 5) is 14.3. The molecule has 4 heteroatoms. The van der Waals surface area contributed by atoms with Crippen molar-refractivity contribution in [2.45, 2.75) is 51.5 Å². The van der Waals surface area contributed by atoms with Crippen molar-refractivity contribution in [2.24, 2.45) is 23.5 Å². The largest absolute Gasteiger partial charge is 0.469 e. The number of carbonyl (C=O) groups excluding carboxylic acids is 1. The standard InChI is InChI=1S/C16H30N2O2/c1-3-12-6-7-13(10-17)15(9-12)18-8-4-5-14(11-18)16(19)20-2/h12-15H,3-11,17H2,1-2H3. The molecule has 4 unspecified atom stereocenters. The second-order valence-electron chi connectivity index (χ2n) is 6.51. The van der Waals surface area contributed by atoms with Crippen molar-refractivity contribution >= 4 is 5.97 Å². The van der Waals surface area contributed by atoms with Gasteiger partial charge >= 0.3 is 5.97 Å². The topological polar surface area (TPSA) is 55.6 Å². The second-order valence-corrected chi connectivity index (χ2v) is 6.51. The first-order chi connectivity index (χ1) is 9.69. The van der Waals surface area contributed by atoms with Gasteiger partial charge in [0.05, 0.1) is 13.0 Å². The first-order valence-corrected chi connectivity index (χ1v) is 8.21. The summed E-state index contributed by atoms with van der Waals surface area (Å²) in [5, 5.41) is 0. The number of esters is 1. The summed E-state index contributed by atoms with van der Waals surface area (Å²) in [6.45, 7) is 5.05. The van der Waals surface area contributed by atoms with Crippen molar-refractivity contribution in [2.75, 3.05) is 26.7 Å². The summed E-state index contributed by atoms with van der Waals surface area (Å²) >= 11 is 0. The van der Waals surface area contributed by atoms with Crippen molar-refractivity contribution in [3.05, 3.63) is 0 Å². The van der Waals surface area contributed by atoms with E-state index in [1.165, 1.54) is 32.8 Å². The SMILES string of the molecule is CCC1CCC(CN)C(N2CCCC(C(=O)OC)C2)C1. The molecule has 0 aromatic carbocycles. The van der Waals surface area contributed by atoms with Gasteiger partial charge in [-0.2, -0.15) is 0 Å². The minimum absolute atomic E-state index is 0.0400. The molecule has 20 heavy (non-hydrogen) atoms. The van der Waals surface area contributed by atoms with E-state index in [4.69, 9.17) is 10.5 Å². The molecule has 2 N–H and O–H groups in total. The van der Waals surface area contributed by atoms with Gasteiger partial charge in [0.15, 0.2) is 0 Å². The number of carbonyl (C=O) groups is 1. The van der Waals surface area contributed by atoms with Crippen molar-refractivity contribution in [3.8, 4) is 0 Å². The van der Waals surface area contributed by atoms with Crippen LogP contribution in [0.2, 0.25) is 0 Å². The maximum Gasteiger partial charge on any atom is 0.309 e. The Kier molecular flexibility index (Phi) is 5.85. The Morgan fingerprint density at radius 1 is 1.35 bits per heavy atom. The Morgan fingerprint density at radius 2 is 2.15 bits per heavy atom. The molecular formula is C16H30N2O2. The maximum absolute atomic E-state index is 11.8. The number of hydrogen-bond donors (Lipinski definition) is 1. The Balaban J connectivity index is 2.01. The fourth-order valence-electron chi connectivity index (χ4n) is 4.05. The Labute approximate surface area is 123 Å². The van der Waals surface area contributed by atoms with Crippen LogP contribution in [0.25, 0.3) is 0 Å². The lowest BCUT2D eigenvalue weighted by molar-refractivity contribution is -0.148. The van der Waals surface area contributed by atoms with Crippen LogP contribution in [0.15, 0.2) is 0 Å². The number of methoxy groups -OCH3 is 1. The molecule has 1 saturated carbocycles. The third kappa shape index (κ3) is 3.53. The lowest BCUT2D eigenvalue weighted by Gasteiger charge is -2.45. The molecule has 0 aromatic heterocycles. The molecule has 1 aliphatic heterocycles. The number of ether oxygens (including phenoxy) is 1. The van der Waals surface area contributed by atoms with Gasteiger partial charge in [0, 0.05) is 12.6 Å². The summed E-state index contributed by atoms with van der Waals surface area (Å²) < 4.78 is 4.93. The van der Waals surface area contributed by atoms with Crippen LogP contribution < -0.4 is 5.73 Å². The molecule has 1 saturated heterocycles. The molecule has 0 aromatic rings. The van der Waals surface area contributed by atoms with Crippen molar-refractivity contribution in [1.29, 1.82) is 0 Å². The van der Waals surface area contributed by atoms with Gasteiger partial charge in [-0.25, -0.2) is 0 Å². The van der Waals surface area contributed by atoms with E-state index in [1.807, 2.05) is 0 Å². The highest BCUT2D eigenvalue weighted by Crippen LogP contribution is 2.35. The van der Waals surface area contributed by atoms with Gasteiger partial charge in [-0.15, -0.1) is 0 Å². The Bertz CT molecular complexity index is 322. The summed E-state index contributed by atoms with van der Waals surface area (Å²) in [6, 6.07) is 0.575. The van der Waals surface area contributed by atoms with Gasteiger partial charge in [-0.3, -0.25) is 9.69 Å². The fraction of sp³-hybridized carbons (Fsp3) is 0.938. The van der Waals surface area contributed by atoms with E-state index in [0.717, 1.165) is 38.4 Å². The molecule has 2 rings (SSSR count). The molecule has 4 atom stereocenters. The molecule has 2 fully saturated rings. The van der Waals surface area contributed by atoms with E-state index >= 15 is 0 Å². The monoisotopic (exact) mass is 282 g/mol. The summed E-state index contributed by atoms with van der Waals surface area (Å²) in [5.41, 5.74) is 5.99. The van der Waals surface area contributed by atoms with Crippen LogP contribution in [0.1, 0.15) is 45.4 Å². The van der Waals surface area contributed by atoms with Crippen LogP contribution in [0, 0.1) is 17.8 Å². The van der Waals surface area contributed by atoms with E-state index in [2.05, 4.69) is 11.8 Å². The average molecular weight is 282 g/mol. The van der Waals surface area contributed by atoms with Crippen molar-refractivity contribution in [1.82, 2.24) is 4.90 Å². The molecule has 0 spiro atoms. The lowest BCUT2D eigenvalue weighted by Crippen LogP contribution is -2.51. The normalized spacial score (nSPS) is 35.8. The van der Waals surface area contributed by atoms with Gasteiger partial charge < -0.3 is 10.5 Å². The van der Waals surface area contributed by atoms with Crippen LogP contribution in [-0.2, 0) is 9.53 Å². The fourth-order valence-corrected chi connectivity index (χ4v) is 4.05. The molecule has 0 amide bonds. The minimum atomic E-state index is -0.0400. The number of piperidine rings is 1. The average Bonchev–Trinajstić information content (AvgIpc) is 2.53. The summed E-state index contributed by atoms with van der Waals surface area (Å²) in [5.74, 6) is 1.46. The zero-order valence-corrected chi connectivity index (χ0v) is 13.0. The Morgan fingerprint density at radius 3 is 2.80 bits per heavy atom. The quantitative estimate of drug-likeness (QED) is 0.802. The van der Waals surface area contributed by atoms with Crippen LogP contribution in [0.4, 0.5) is 0 Å². The number of rotatable bonds is 4. The molecule has 0 radical (unpaired) electrons. The highest BCUT2D eigenvalue weighted by molar-refractivity contribution is 5.72. The van der Waals surface area contributed by atoms with Crippen LogP contribution in [0.5, 0.6) is 0 Å². The van der Waals surface area contributed by atoms with Crippen LogP contribution in [-0.4, -0.2) is 43.7 Å². The van der Waals surface area contributed by atoms with Gasteiger partial charge in [0.2, 0.25) is 0 Å². The first-order valence-electron chi connectivity index (χ1n) is 8.21. The predicted octanol–water partition coefficient (Wildman–Crippen LogP) is 2.02. The molecule has 4 nitrogen and oxygen atoms in total. The lowest BCUT2D eigenvalue weighted by atomic mass is 9.75. The van der Waals surface area contributed by atoms with Gasteiger partial charge in [0.1, 0.15) is 0 Å². The zero-order valence-electron chi connectivity index (χ0n) is 13.0. The first kappa shape index (κ1) is 15.8. The van der Waals surface area contributed by atoms with E-state index < -0.39 is 0 Å². The Hall–Kier alpha value is -0.610. The molecule has 0 bridgehead atoms. The summed E-state index contributed by atoms with van der Waals surface area (Å²) in [7, 11) is 1.50. The third-order valence-corrected chi connectivity index (χ3v) is 5.40. The highest BCUT2D eigenvalue weighted by atomic mass is 16.5. The minimum Gasteiger partial charge on any atom is -0.469 e. The van der Waals surface area contributed by atoms with Gasteiger partial charge in [0.25, 0.3) is 0 Å².